The van der Waals surface area contributed by atoms with E-state index in [4.69, 9.17) is 9.47 Å². The fourth-order valence-electron chi connectivity index (χ4n) is 6.26. The molecule has 2 aromatic rings. The second-order valence-electron chi connectivity index (χ2n) is 12.1. The lowest BCUT2D eigenvalue weighted by molar-refractivity contribution is -0.00442. The van der Waals surface area contributed by atoms with Crippen molar-refractivity contribution in [3.05, 3.63) is 58.7 Å². The Hall–Kier alpha value is -2.38. The van der Waals surface area contributed by atoms with Gasteiger partial charge in [-0.05, 0) is 62.1 Å². The summed E-state index contributed by atoms with van der Waals surface area (Å²) < 4.78 is 11.0. The molecule has 2 heterocycles. The molecule has 5 rings (SSSR count). The maximum Gasteiger partial charge on any atom is 0.182 e. The number of carbonyl (C=O) groups is 2. The number of Topliss-reactive ketones (excluding diaryl/α,β-unsaturated/α-hetero) is 2. The van der Waals surface area contributed by atoms with Crippen LogP contribution in [-0.2, 0) is 14.9 Å². The molecule has 0 radical (unpaired) electrons. The Morgan fingerprint density at radius 3 is 1.38 bits per heavy atom. The Balaban J connectivity index is 1.45. The highest BCUT2D eigenvalue weighted by molar-refractivity contribution is 6.05. The summed E-state index contributed by atoms with van der Waals surface area (Å²) in [6.45, 7) is 18.1. The highest BCUT2D eigenvalue weighted by Crippen LogP contribution is 2.49. The van der Waals surface area contributed by atoms with Crippen LogP contribution in [0.1, 0.15) is 73.4 Å². The molecule has 0 N–H and O–H groups in total. The van der Waals surface area contributed by atoms with E-state index in [0.29, 0.717) is 26.4 Å². The van der Waals surface area contributed by atoms with E-state index < -0.39 is 11.1 Å². The highest BCUT2D eigenvalue weighted by atomic mass is 16.5. The number of fused-ring (bicyclic) bond motifs is 3. The van der Waals surface area contributed by atoms with Crippen LogP contribution in [0.2, 0.25) is 0 Å². The molecule has 198 valence electrons. The Morgan fingerprint density at radius 1 is 0.676 bits per heavy atom. The fourth-order valence-corrected chi connectivity index (χ4v) is 6.26. The normalized spacial score (nSPS) is 20.4. The lowest BCUT2D eigenvalue weighted by Gasteiger charge is -2.39. The molecule has 0 atom stereocenters. The molecular weight excluding hydrogens is 464 g/mol. The van der Waals surface area contributed by atoms with E-state index in [0.717, 1.165) is 59.6 Å². The number of carbonyl (C=O) groups excluding carboxylic acids is 2. The monoisotopic (exact) mass is 504 g/mol. The zero-order chi connectivity index (χ0) is 26.6. The molecule has 0 bridgehead atoms. The first-order chi connectivity index (χ1) is 17.5. The van der Waals surface area contributed by atoms with Gasteiger partial charge in [-0.1, -0.05) is 38.1 Å². The van der Waals surface area contributed by atoms with Crippen molar-refractivity contribution in [2.45, 2.75) is 58.0 Å². The molecule has 3 aliphatic rings. The van der Waals surface area contributed by atoms with E-state index in [1.54, 1.807) is 0 Å². The summed E-state index contributed by atoms with van der Waals surface area (Å²) in [7, 11) is 0. The second kappa shape index (κ2) is 9.42. The van der Waals surface area contributed by atoms with Crippen LogP contribution in [0.25, 0.3) is 11.1 Å². The van der Waals surface area contributed by atoms with E-state index in [9.17, 15) is 9.59 Å². The van der Waals surface area contributed by atoms with Gasteiger partial charge in [0.25, 0.3) is 0 Å². The molecule has 1 aliphatic carbocycles. The third kappa shape index (κ3) is 4.38. The van der Waals surface area contributed by atoms with Gasteiger partial charge in [0, 0.05) is 42.7 Å². The number of hydrogen-bond donors (Lipinski definition) is 0. The van der Waals surface area contributed by atoms with Gasteiger partial charge in [-0.2, -0.15) is 0 Å². The van der Waals surface area contributed by atoms with Gasteiger partial charge in [-0.15, -0.1) is 0 Å². The minimum Gasteiger partial charge on any atom is -0.379 e. The van der Waals surface area contributed by atoms with Crippen LogP contribution < -0.4 is 0 Å². The number of hydrogen-bond acceptors (Lipinski definition) is 6. The van der Waals surface area contributed by atoms with Crippen LogP contribution in [0.4, 0.5) is 0 Å². The van der Waals surface area contributed by atoms with E-state index >= 15 is 0 Å². The number of morpholine rings is 2. The molecule has 2 fully saturated rings. The van der Waals surface area contributed by atoms with Crippen molar-refractivity contribution in [2.75, 3.05) is 52.6 Å². The first-order valence-electron chi connectivity index (χ1n) is 13.5. The molecule has 6 nitrogen and oxygen atoms in total. The summed E-state index contributed by atoms with van der Waals surface area (Å²) >= 11 is 0. The van der Waals surface area contributed by atoms with Crippen LogP contribution in [-0.4, -0.2) is 85.1 Å². The quantitative estimate of drug-likeness (QED) is 0.537. The zero-order valence-corrected chi connectivity index (χ0v) is 23.1. The van der Waals surface area contributed by atoms with Gasteiger partial charge in [0.05, 0.1) is 37.5 Å². The van der Waals surface area contributed by atoms with Crippen molar-refractivity contribution in [3.8, 4) is 11.1 Å². The maximum atomic E-state index is 13.7. The van der Waals surface area contributed by atoms with Crippen molar-refractivity contribution in [2.24, 2.45) is 0 Å². The van der Waals surface area contributed by atoms with E-state index in [2.05, 4.69) is 47.9 Å². The van der Waals surface area contributed by atoms with E-state index in [1.807, 2.05) is 39.8 Å². The summed E-state index contributed by atoms with van der Waals surface area (Å²) in [5.74, 6) is 0.263. The lowest BCUT2D eigenvalue weighted by atomic mass is 9.79. The summed E-state index contributed by atoms with van der Waals surface area (Å²) in [5.41, 5.74) is 4.53. The predicted molar refractivity (Wildman–Crippen MR) is 146 cm³/mol. The lowest BCUT2D eigenvalue weighted by Crippen LogP contribution is -2.54. The van der Waals surface area contributed by atoms with E-state index in [1.165, 1.54) is 0 Å². The first kappa shape index (κ1) is 26.2. The topological polar surface area (TPSA) is 59.1 Å². The Bertz CT molecular complexity index is 1120. The summed E-state index contributed by atoms with van der Waals surface area (Å²) in [6.07, 6.45) is 0. The second-order valence-corrected chi connectivity index (χ2v) is 12.1. The van der Waals surface area contributed by atoms with E-state index in [-0.39, 0.29) is 17.0 Å². The van der Waals surface area contributed by atoms with Gasteiger partial charge in [0.1, 0.15) is 0 Å². The SMILES string of the molecule is CC1(C)c2cc(C(=O)C(C)(C)N3CCOCC3)ccc2-c2ccc(C(=O)C(C)(C)N3CCOCC3)cc21. The molecule has 37 heavy (non-hydrogen) atoms. The number of benzene rings is 2. The molecular formula is C31H40N2O4. The minimum absolute atomic E-state index is 0.132. The molecule has 0 unspecified atom stereocenters. The smallest absolute Gasteiger partial charge is 0.182 e. The number of nitrogens with zero attached hydrogens (tertiary/aromatic N) is 2. The van der Waals surface area contributed by atoms with Crippen LogP contribution in [0.3, 0.4) is 0 Å². The fraction of sp³-hybridized carbons (Fsp3) is 0.548. The van der Waals surface area contributed by atoms with Crippen molar-refractivity contribution in [1.82, 2.24) is 9.80 Å². The van der Waals surface area contributed by atoms with Crippen LogP contribution >= 0.6 is 0 Å². The van der Waals surface area contributed by atoms with Crippen molar-refractivity contribution >= 4 is 11.6 Å². The first-order valence-corrected chi connectivity index (χ1v) is 13.5. The standard InChI is InChI=1S/C31H40N2O4/c1-29(2)25-19-21(27(34)30(3,4)32-11-15-36-16-12-32)7-9-23(25)24-10-8-22(20-26(24)29)28(35)31(5,6)33-13-17-37-18-14-33/h7-10,19-20H,11-18H2,1-6H3. The van der Waals surface area contributed by atoms with Crippen molar-refractivity contribution in [1.29, 1.82) is 0 Å². The predicted octanol–water partition coefficient (Wildman–Crippen LogP) is 4.58. The minimum atomic E-state index is -0.599. The Kier molecular flexibility index (Phi) is 6.68. The van der Waals surface area contributed by atoms with Crippen LogP contribution in [0.5, 0.6) is 0 Å². The van der Waals surface area contributed by atoms with Gasteiger partial charge >= 0.3 is 0 Å². The molecule has 0 spiro atoms. The molecule has 2 aromatic carbocycles. The number of ether oxygens (including phenoxy) is 2. The summed E-state index contributed by atoms with van der Waals surface area (Å²) in [5, 5.41) is 0. The third-order valence-electron chi connectivity index (χ3n) is 8.92. The molecule has 2 aliphatic heterocycles. The Labute approximate surface area is 220 Å². The van der Waals surface area contributed by atoms with Crippen molar-refractivity contribution in [3.63, 3.8) is 0 Å². The molecule has 0 amide bonds. The summed E-state index contributed by atoms with van der Waals surface area (Å²) in [4.78, 5) is 31.9. The summed E-state index contributed by atoms with van der Waals surface area (Å²) in [6, 6.07) is 12.3. The van der Waals surface area contributed by atoms with Gasteiger partial charge in [-0.25, -0.2) is 0 Å². The van der Waals surface area contributed by atoms with Crippen LogP contribution in [0.15, 0.2) is 36.4 Å². The molecule has 6 heteroatoms. The van der Waals surface area contributed by atoms with Crippen molar-refractivity contribution < 1.29 is 19.1 Å². The average molecular weight is 505 g/mol. The molecule has 2 saturated heterocycles. The Morgan fingerprint density at radius 2 is 1.03 bits per heavy atom. The van der Waals surface area contributed by atoms with Gasteiger partial charge < -0.3 is 9.47 Å². The van der Waals surface area contributed by atoms with Gasteiger partial charge in [-0.3, -0.25) is 19.4 Å². The number of ketones is 2. The largest absolute Gasteiger partial charge is 0.379 e. The maximum absolute atomic E-state index is 13.7. The average Bonchev–Trinajstić information content (AvgIpc) is 3.14. The third-order valence-corrected chi connectivity index (χ3v) is 8.92. The zero-order valence-electron chi connectivity index (χ0n) is 23.1. The molecule has 0 aromatic heterocycles. The number of rotatable bonds is 6. The van der Waals surface area contributed by atoms with Gasteiger partial charge in [0.15, 0.2) is 11.6 Å². The molecule has 0 saturated carbocycles. The van der Waals surface area contributed by atoms with Crippen LogP contribution in [0, 0.1) is 0 Å². The highest BCUT2D eigenvalue weighted by Gasteiger charge is 2.41. The van der Waals surface area contributed by atoms with Gasteiger partial charge in [0.2, 0.25) is 0 Å².